The molecule has 0 amide bonds. The van der Waals surface area contributed by atoms with Crippen molar-refractivity contribution in [3.63, 3.8) is 0 Å². The zero-order valence-corrected chi connectivity index (χ0v) is 32.9. The zero-order valence-electron chi connectivity index (χ0n) is 32.9. The van der Waals surface area contributed by atoms with Crippen LogP contribution in [0.3, 0.4) is 0 Å². The zero-order chi connectivity index (χ0) is 39.5. The van der Waals surface area contributed by atoms with Crippen molar-refractivity contribution < 1.29 is 58.1 Å². The van der Waals surface area contributed by atoms with Gasteiger partial charge in [0.15, 0.2) is 5.79 Å². The third-order valence-electron chi connectivity index (χ3n) is 10.4. The molecule has 12 unspecified atom stereocenters. The lowest BCUT2D eigenvalue weighted by Gasteiger charge is -2.51. The first-order valence-corrected chi connectivity index (χ1v) is 18.0. The summed E-state index contributed by atoms with van der Waals surface area (Å²) >= 11 is 0. The molecule has 12 atom stereocenters. The van der Waals surface area contributed by atoms with Crippen molar-refractivity contribution in [1.29, 1.82) is 0 Å². The summed E-state index contributed by atoms with van der Waals surface area (Å²) in [5, 5.41) is 32.1. The van der Waals surface area contributed by atoms with Crippen LogP contribution in [0.4, 0.5) is 0 Å². The van der Waals surface area contributed by atoms with Crippen molar-refractivity contribution in [1.82, 2.24) is 0 Å². The fourth-order valence-electron chi connectivity index (χ4n) is 7.30. The normalized spacial score (nSPS) is 36.6. The molecule has 0 radical (unpaired) electrons. The predicted octanol–water partition coefficient (Wildman–Crippen LogP) is 5.54. The smallest absolute Gasteiger partial charge is 0.373 e. The molecule has 52 heavy (non-hydrogen) atoms. The van der Waals surface area contributed by atoms with E-state index in [1.54, 1.807) is 26.0 Å². The van der Waals surface area contributed by atoms with Crippen LogP contribution in [0.1, 0.15) is 75.2 Å². The third-order valence-corrected chi connectivity index (χ3v) is 10.4. The van der Waals surface area contributed by atoms with E-state index < -0.39 is 72.2 Å². The van der Waals surface area contributed by atoms with E-state index in [0.29, 0.717) is 18.1 Å². The number of carboxylic acids is 1. The van der Waals surface area contributed by atoms with E-state index in [2.05, 4.69) is 0 Å². The van der Waals surface area contributed by atoms with Gasteiger partial charge in [0.05, 0.1) is 25.4 Å². The van der Waals surface area contributed by atoms with Crippen molar-refractivity contribution in [3.8, 4) is 0 Å². The largest absolute Gasteiger partial charge is 0.490 e. The van der Waals surface area contributed by atoms with Gasteiger partial charge in [-0.25, -0.2) is 14.4 Å². The van der Waals surface area contributed by atoms with Crippen LogP contribution in [-0.4, -0.2) is 97.0 Å². The third kappa shape index (κ3) is 11.9. The summed E-state index contributed by atoms with van der Waals surface area (Å²) in [4.78, 5) is 37.3. The van der Waals surface area contributed by atoms with Gasteiger partial charge in [-0.05, 0) is 38.2 Å². The first-order chi connectivity index (χ1) is 24.3. The van der Waals surface area contributed by atoms with Gasteiger partial charge in [0, 0.05) is 56.5 Å². The number of carbonyl (C=O) groups is 3. The van der Waals surface area contributed by atoms with Crippen molar-refractivity contribution in [2.75, 3.05) is 21.3 Å². The van der Waals surface area contributed by atoms with Crippen LogP contribution in [0.25, 0.3) is 0 Å². The maximum Gasteiger partial charge on any atom is 0.373 e. The number of aliphatic hydroxyl groups excluding tert-OH is 2. The number of aliphatic hydroxyl groups is 2. The summed E-state index contributed by atoms with van der Waals surface area (Å²) in [6.07, 6.45) is 6.35. The minimum Gasteiger partial charge on any atom is -0.490 e. The van der Waals surface area contributed by atoms with Gasteiger partial charge in [-0.3, -0.25) is 0 Å². The topological polar surface area (TPSA) is 167 Å². The number of hydrogen-bond acceptors (Lipinski definition) is 11. The number of rotatable bonds is 11. The van der Waals surface area contributed by atoms with E-state index in [1.165, 1.54) is 21.3 Å². The molecule has 1 saturated heterocycles. The molecule has 2 rings (SSSR count). The quantitative estimate of drug-likeness (QED) is 0.180. The minimum absolute atomic E-state index is 0.0345. The van der Waals surface area contributed by atoms with Gasteiger partial charge in [-0.2, -0.15) is 0 Å². The number of methoxy groups -OCH3 is 3. The molecule has 12 heteroatoms. The molecule has 0 aromatic rings. The fourth-order valence-corrected chi connectivity index (χ4v) is 7.30. The van der Waals surface area contributed by atoms with Gasteiger partial charge in [-0.1, -0.05) is 83.9 Å². The number of hydrogen-bond donors (Lipinski definition) is 3. The SMILES string of the molecule is CO/C1=C/C(C)=C\C(C)C(O)C(C)C/C(C)=C\C=C/C(OC)C(C(C)C(O)C(C)C2(OC)CC(OC(=O)/C=C/C(=O)O)C(C)C(C(C)C)O2)OC1=O. The van der Waals surface area contributed by atoms with Crippen LogP contribution in [-0.2, 0) is 42.8 Å². The van der Waals surface area contributed by atoms with Crippen LogP contribution in [0, 0.1) is 35.5 Å². The molecule has 0 saturated carbocycles. The minimum atomic E-state index is -1.45. The molecule has 0 aromatic carbocycles. The number of esters is 2. The van der Waals surface area contributed by atoms with E-state index in [0.717, 1.165) is 11.6 Å². The molecule has 12 nitrogen and oxygen atoms in total. The van der Waals surface area contributed by atoms with Gasteiger partial charge in [0.25, 0.3) is 0 Å². The Hall–Kier alpha value is -3.29. The molecule has 0 aliphatic carbocycles. The predicted molar refractivity (Wildman–Crippen MR) is 196 cm³/mol. The Bertz CT molecular complexity index is 1360. The Morgan fingerprint density at radius 1 is 1.04 bits per heavy atom. The molecule has 3 N–H and O–H groups in total. The van der Waals surface area contributed by atoms with Gasteiger partial charge in [0.1, 0.15) is 18.3 Å². The van der Waals surface area contributed by atoms with Crippen LogP contribution >= 0.6 is 0 Å². The molecule has 2 aliphatic heterocycles. The molecule has 294 valence electrons. The lowest BCUT2D eigenvalue weighted by atomic mass is 9.76. The number of aliphatic carboxylic acids is 1. The Kier molecular flexibility index (Phi) is 17.5. The number of carboxylic acid groups (broad SMARTS) is 1. The maximum atomic E-state index is 13.7. The van der Waals surface area contributed by atoms with Gasteiger partial charge < -0.3 is 43.7 Å². The van der Waals surface area contributed by atoms with Gasteiger partial charge >= 0.3 is 17.9 Å². The summed E-state index contributed by atoms with van der Waals surface area (Å²) in [7, 11) is 4.31. The van der Waals surface area contributed by atoms with E-state index in [4.69, 9.17) is 33.5 Å². The Morgan fingerprint density at radius 3 is 2.25 bits per heavy atom. The van der Waals surface area contributed by atoms with E-state index in [9.17, 15) is 24.6 Å². The Morgan fingerprint density at radius 2 is 1.69 bits per heavy atom. The lowest BCUT2D eigenvalue weighted by molar-refractivity contribution is -0.339. The Balaban J connectivity index is 2.59. The summed E-state index contributed by atoms with van der Waals surface area (Å²) < 4.78 is 35.9. The summed E-state index contributed by atoms with van der Waals surface area (Å²) in [5.41, 5.74) is 1.74. The second-order valence-electron chi connectivity index (χ2n) is 14.8. The van der Waals surface area contributed by atoms with Crippen molar-refractivity contribution in [2.24, 2.45) is 35.5 Å². The highest BCUT2D eigenvalue weighted by molar-refractivity contribution is 5.90. The second-order valence-corrected chi connectivity index (χ2v) is 14.8. The highest BCUT2D eigenvalue weighted by Gasteiger charge is 2.54. The van der Waals surface area contributed by atoms with Crippen LogP contribution in [0.2, 0.25) is 0 Å². The first kappa shape index (κ1) is 44.9. The van der Waals surface area contributed by atoms with E-state index >= 15 is 0 Å². The first-order valence-electron chi connectivity index (χ1n) is 18.0. The summed E-state index contributed by atoms with van der Waals surface area (Å²) in [6.45, 7) is 17.0. The van der Waals surface area contributed by atoms with Crippen LogP contribution in [0.5, 0.6) is 0 Å². The summed E-state index contributed by atoms with van der Waals surface area (Å²) in [5.74, 6) is -6.48. The van der Waals surface area contributed by atoms with Gasteiger partial charge in [-0.15, -0.1) is 0 Å². The molecular formula is C40H62O12. The average Bonchev–Trinajstić information content (AvgIpc) is 3.09. The number of carbonyl (C=O) groups excluding carboxylic acids is 2. The van der Waals surface area contributed by atoms with Crippen molar-refractivity contribution in [3.05, 3.63) is 59.4 Å². The highest BCUT2D eigenvalue weighted by Crippen LogP contribution is 2.44. The maximum absolute atomic E-state index is 13.7. The van der Waals surface area contributed by atoms with E-state index in [1.807, 2.05) is 66.7 Å². The highest BCUT2D eigenvalue weighted by atomic mass is 16.7. The molecule has 1 fully saturated rings. The second kappa shape index (κ2) is 20.2. The molecule has 0 aromatic heterocycles. The molecular weight excluding hydrogens is 672 g/mol. The fraction of sp³-hybridized carbons (Fsp3) is 0.675. The van der Waals surface area contributed by atoms with Crippen molar-refractivity contribution >= 4 is 17.9 Å². The Labute approximate surface area is 309 Å². The standard InChI is InChI=1S/C40H62O12/c1-22(2)37-27(7)32(50-34(43)17-16-33(41)42)21-40(49-12,52-37)29(9)36(45)28(8)38-30(47-10)15-13-14-23(3)18-25(5)35(44)26(6)19-24(4)20-31(48-11)39(46)51-38/h13-17,19-20,22,25-30,32,35-38,44-45H,18,21H2,1-12H3,(H,41,42)/b15-13-,17-16+,23-14-,24-19-,31-20+. The van der Waals surface area contributed by atoms with Gasteiger partial charge in [0.2, 0.25) is 5.76 Å². The molecule has 0 bridgehead atoms. The molecule has 0 spiro atoms. The van der Waals surface area contributed by atoms with E-state index in [-0.39, 0.29) is 35.9 Å². The number of allylic oxidation sites excluding steroid dienone is 5. The molecule has 2 heterocycles. The number of cyclic esters (lactones) is 1. The van der Waals surface area contributed by atoms with Crippen LogP contribution < -0.4 is 0 Å². The van der Waals surface area contributed by atoms with Crippen molar-refractivity contribution in [2.45, 2.75) is 118 Å². The number of ether oxygens (including phenoxy) is 6. The lowest BCUT2D eigenvalue weighted by Crippen LogP contribution is -2.60. The monoisotopic (exact) mass is 734 g/mol. The molecule has 2 aliphatic rings. The van der Waals surface area contributed by atoms with Crippen LogP contribution in [0.15, 0.2) is 59.4 Å². The summed E-state index contributed by atoms with van der Waals surface area (Å²) in [6, 6.07) is 0. The average molecular weight is 735 g/mol.